The number of aryl methyl sites for hydroxylation is 1. The predicted molar refractivity (Wildman–Crippen MR) is 66.0 cm³/mol. The van der Waals surface area contributed by atoms with Crippen molar-refractivity contribution >= 4 is 23.0 Å². The van der Waals surface area contributed by atoms with Crippen LogP contribution in [0.4, 0.5) is 11.4 Å². The number of halogens is 1. The molecule has 0 radical (unpaired) electrons. The monoisotopic (exact) mass is 231 g/mol. The van der Waals surface area contributed by atoms with Crippen molar-refractivity contribution in [3.8, 4) is 11.5 Å². The molecule has 0 amide bonds. The Morgan fingerprint density at radius 3 is 2.50 bits per heavy atom. The third-order valence-electron chi connectivity index (χ3n) is 2.57. The van der Waals surface area contributed by atoms with Crippen molar-refractivity contribution in [2.45, 2.75) is 6.92 Å². The molecule has 0 saturated carbocycles. The molecule has 0 aromatic heterocycles. The Morgan fingerprint density at radius 2 is 1.69 bits per heavy atom. The van der Waals surface area contributed by atoms with Gasteiger partial charge in [0.15, 0.2) is 11.5 Å². The van der Waals surface area contributed by atoms with E-state index in [2.05, 4.69) is 11.4 Å². The van der Waals surface area contributed by atoms with Gasteiger partial charge in [-0.2, -0.15) is 0 Å². The summed E-state index contributed by atoms with van der Waals surface area (Å²) in [6, 6.07) is 11.6. The molecule has 0 saturated heterocycles. The van der Waals surface area contributed by atoms with Gasteiger partial charge in [-0.3, -0.25) is 0 Å². The zero-order valence-electron chi connectivity index (χ0n) is 8.75. The minimum absolute atomic E-state index is 0.677. The molecule has 16 heavy (non-hydrogen) atoms. The predicted octanol–water partition coefficient (Wildman–Crippen LogP) is 4.50. The Hall–Kier alpha value is -1.67. The van der Waals surface area contributed by atoms with E-state index in [1.165, 1.54) is 5.56 Å². The van der Waals surface area contributed by atoms with Crippen LogP contribution in [0.5, 0.6) is 11.5 Å². The molecule has 1 N–H and O–H groups in total. The molecule has 0 fully saturated rings. The molecule has 1 heterocycles. The van der Waals surface area contributed by atoms with Gasteiger partial charge in [-0.1, -0.05) is 17.7 Å². The Labute approximate surface area is 98.8 Å². The van der Waals surface area contributed by atoms with E-state index in [9.17, 15) is 0 Å². The molecule has 3 rings (SSSR count). The minimum atomic E-state index is 0.677. The third-order valence-corrected chi connectivity index (χ3v) is 2.81. The van der Waals surface area contributed by atoms with Gasteiger partial charge in [-0.05, 0) is 36.8 Å². The van der Waals surface area contributed by atoms with Crippen molar-refractivity contribution < 1.29 is 4.74 Å². The molecule has 0 aliphatic carbocycles. The largest absolute Gasteiger partial charge is 0.453 e. The lowest BCUT2D eigenvalue weighted by atomic mass is 10.1. The van der Waals surface area contributed by atoms with E-state index in [1.807, 2.05) is 37.3 Å². The van der Waals surface area contributed by atoms with Crippen LogP contribution in [-0.4, -0.2) is 0 Å². The van der Waals surface area contributed by atoms with Gasteiger partial charge in [0.25, 0.3) is 0 Å². The third kappa shape index (κ3) is 1.51. The maximum absolute atomic E-state index is 5.93. The summed E-state index contributed by atoms with van der Waals surface area (Å²) >= 11 is 5.93. The molecule has 2 aromatic rings. The number of rotatable bonds is 0. The van der Waals surface area contributed by atoms with Gasteiger partial charge in [-0.25, -0.2) is 0 Å². The molecule has 1 aliphatic heterocycles. The quantitative estimate of drug-likeness (QED) is 0.615. The van der Waals surface area contributed by atoms with Gasteiger partial charge in [-0.15, -0.1) is 0 Å². The second-order valence-electron chi connectivity index (χ2n) is 3.87. The van der Waals surface area contributed by atoms with Gasteiger partial charge in [0, 0.05) is 11.1 Å². The van der Waals surface area contributed by atoms with Crippen LogP contribution in [0, 0.1) is 6.92 Å². The van der Waals surface area contributed by atoms with Gasteiger partial charge in [0.2, 0.25) is 0 Å². The Morgan fingerprint density at radius 1 is 1.00 bits per heavy atom. The highest BCUT2D eigenvalue weighted by molar-refractivity contribution is 6.30. The van der Waals surface area contributed by atoms with Crippen molar-refractivity contribution in [3.05, 3.63) is 47.0 Å². The van der Waals surface area contributed by atoms with Crippen molar-refractivity contribution in [2.24, 2.45) is 0 Å². The van der Waals surface area contributed by atoms with E-state index < -0.39 is 0 Å². The SMILES string of the molecule is Cc1ccc2c(c1)Oc1cc(Cl)ccc1N2. The number of ether oxygens (including phenoxy) is 1. The van der Waals surface area contributed by atoms with Crippen LogP contribution in [-0.2, 0) is 0 Å². The topological polar surface area (TPSA) is 21.3 Å². The van der Waals surface area contributed by atoms with Crippen molar-refractivity contribution in [1.29, 1.82) is 0 Å². The summed E-state index contributed by atoms with van der Waals surface area (Å²) in [5, 5.41) is 3.99. The molecule has 0 bridgehead atoms. The first-order chi connectivity index (χ1) is 7.72. The number of hydrogen-bond acceptors (Lipinski definition) is 2. The van der Waals surface area contributed by atoms with Crippen LogP contribution in [0.3, 0.4) is 0 Å². The maximum atomic E-state index is 5.93. The first kappa shape index (κ1) is 9.55. The van der Waals surface area contributed by atoms with Crippen molar-refractivity contribution in [1.82, 2.24) is 0 Å². The molecule has 2 aromatic carbocycles. The summed E-state index contributed by atoms with van der Waals surface area (Å²) in [6.45, 7) is 2.04. The summed E-state index contributed by atoms with van der Waals surface area (Å²) in [7, 11) is 0. The van der Waals surface area contributed by atoms with E-state index in [0.29, 0.717) is 5.02 Å². The zero-order chi connectivity index (χ0) is 11.1. The van der Waals surface area contributed by atoms with Crippen LogP contribution < -0.4 is 10.1 Å². The molecule has 80 valence electrons. The van der Waals surface area contributed by atoms with Crippen LogP contribution in [0.25, 0.3) is 0 Å². The van der Waals surface area contributed by atoms with Crippen LogP contribution in [0.2, 0.25) is 5.02 Å². The van der Waals surface area contributed by atoms with E-state index in [-0.39, 0.29) is 0 Å². The highest BCUT2D eigenvalue weighted by atomic mass is 35.5. The number of fused-ring (bicyclic) bond motifs is 2. The highest BCUT2D eigenvalue weighted by Crippen LogP contribution is 2.42. The normalized spacial score (nSPS) is 12.1. The molecule has 1 aliphatic rings. The second kappa shape index (κ2) is 3.42. The number of benzene rings is 2. The first-order valence-corrected chi connectivity index (χ1v) is 5.45. The van der Waals surface area contributed by atoms with Crippen LogP contribution in [0.15, 0.2) is 36.4 Å². The molecule has 3 heteroatoms. The molecule has 2 nitrogen and oxygen atoms in total. The molecular weight excluding hydrogens is 222 g/mol. The van der Waals surface area contributed by atoms with Gasteiger partial charge in [0.05, 0.1) is 11.4 Å². The number of hydrogen-bond donors (Lipinski definition) is 1. The van der Waals surface area contributed by atoms with Gasteiger partial charge < -0.3 is 10.1 Å². The number of anilines is 2. The Balaban J connectivity index is 2.10. The van der Waals surface area contributed by atoms with Gasteiger partial charge >= 0.3 is 0 Å². The average molecular weight is 232 g/mol. The summed E-state index contributed by atoms with van der Waals surface area (Å²) in [6.07, 6.45) is 0. The van der Waals surface area contributed by atoms with E-state index in [4.69, 9.17) is 16.3 Å². The standard InChI is InChI=1S/C13H10ClNO/c1-8-2-4-10-12(6-8)16-13-7-9(14)3-5-11(13)15-10/h2-7,15H,1H3. The summed E-state index contributed by atoms with van der Waals surface area (Å²) in [5.41, 5.74) is 3.10. The fraction of sp³-hybridized carbons (Fsp3) is 0.0769. The smallest absolute Gasteiger partial charge is 0.152 e. The molecular formula is C13H10ClNO. The van der Waals surface area contributed by atoms with Gasteiger partial charge in [0.1, 0.15) is 0 Å². The summed E-state index contributed by atoms with van der Waals surface area (Å²) in [5.74, 6) is 1.61. The lowest BCUT2D eigenvalue weighted by molar-refractivity contribution is 0.481. The van der Waals surface area contributed by atoms with Crippen molar-refractivity contribution in [3.63, 3.8) is 0 Å². The van der Waals surface area contributed by atoms with Crippen molar-refractivity contribution in [2.75, 3.05) is 5.32 Å². The minimum Gasteiger partial charge on any atom is -0.453 e. The molecule has 0 spiro atoms. The summed E-state index contributed by atoms with van der Waals surface area (Å²) in [4.78, 5) is 0. The summed E-state index contributed by atoms with van der Waals surface area (Å²) < 4.78 is 5.79. The second-order valence-corrected chi connectivity index (χ2v) is 4.30. The maximum Gasteiger partial charge on any atom is 0.152 e. The van der Waals surface area contributed by atoms with Crippen LogP contribution in [0.1, 0.15) is 5.56 Å². The molecule has 0 unspecified atom stereocenters. The number of nitrogens with one attached hydrogen (secondary N) is 1. The van der Waals surface area contributed by atoms with E-state index in [1.54, 1.807) is 0 Å². The lowest BCUT2D eigenvalue weighted by Gasteiger charge is -2.22. The fourth-order valence-electron chi connectivity index (χ4n) is 1.76. The lowest BCUT2D eigenvalue weighted by Crippen LogP contribution is -2.02. The highest BCUT2D eigenvalue weighted by Gasteiger charge is 2.16. The van der Waals surface area contributed by atoms with E-state index >= 15 is 0 Å². The first-order valence-electron chi connectivity index (χ1n) is 5.07. The Bertz CT molecular complexity index is 516. The zero-order valence-corrected chi connectivity index (χ0v) is 9.51. The fourth-order valence-corrected chi connectivity index (χ4v) is 1.93. The molecule has 0 atom stereocenters. The average Bonchev–Trinajstić information content (AvgIpc) is 2.26. The Kier molecular flexibility index (Phi) is 2.04. The van der Waals surface area contributed by atoms with Crippen LogP contribution >= 0.6 is 11.6 Å². The van der Waals surface area contributed by atoms with E-state index in [0.717, 1.165) is 22.9 Å².